The first-order valence-electron chi connectivity index (χ1n) is 9.54. The summed E-state index contributed by atoms with van der Waals surface area (Å²) in [5.41, 5.74) is 3.20. The van der Waals surface area contributed by atoms with Gasteiger partial charge in [0.25, 0.3) is 5.91 Å². The number of ether oxygens (including phenoxy) is 1. The number of carbonyl (C=O) groups is 1. The van der Waals surface area contributed by atoms with Crippen molar-refractivity contribution in [3.63, 3.8) is 0 Å². The highest BCUT2D eigenvalue weighted by molar-refractivity contribution is 6.33. The number of hydrogen-bond donors (Lipinski definition) is 0. The maximum absolute atomic E-state index is 13.1. The van der Waals surface area contributed by atoms with Gasteiger partial charge in [-0.15, -0.1) is 0 Å². The van der Waals surface area contributed by atoms with Crippen molar-refractivity contribution in [2.24, 2.45) is 7.05 Å². The monoisotopic (exact) mass is 410 g/mol. The minimum Gasteiger partial charge on any atom is -0.497 e. The molecule has 2 heterocycles. The van der Waals surface area contributed by atoms with E-state index in [0.29, 0.717) is 29.5 Å². The molecule has 0 saturated carbocycles. The third-order valence-corrected chi connectivity index (χ3v) is 5.56. The standard InChI is InChI=1S/C22H23ClN4O2/c1-25-21(15-20(24-25)18-8-3-4-9-19(18)23)22(28)27-12-10-26(11-13-27)16-6-5-7-17(14-16)29-2/h3-9,14-15H,10-13H2,1-2H3. The number of amides is 1. The number of hydrogen-bond acceptors (Lipinski definition) is 4. The zero-order valence-corrected chi connectivity index (χ0v) is 17.3. The molecule has 0 spiro atoms. The summed E-state index contributed by atoms with van der Waals surface area (Å²) in [6.45, 7) is 2.85. The van der Waals surface area contributed by atoms with E-state index < -0.39 is 0 Å². The van der Waals surface area contributed by atoms with Gasteiger partial charge in [0, 0.05) is 50.5 Å². The molecule has 0 atom stereocenters. The molecular weight excluding hydrogens is 388 g/mol. The zero-order valence-electron chi connectivity index (χ0n) is 16.5. The second-order valence-electron chi connectivity index (χ2n) is 7.00. The Bertz CT molecular complexity index is 1030. The van der Waals surface area contributed by atoms with E-state index >= 15 is 0 Å². The number of aryl methyl sites for hydroxylation is 1. The highest BCUT2D eigenvalue weighted by Gasteiger charge is 2.25. The summed E-state index contributed by atoms with van der Waals surface area (Å²) in [6.07, 6.45) is 0. The Labute approximate surface area is 175 Å². The molecular formula is C22H23ClN4O2. The first kappa shape index (κ1) is 19.3. The van der Waals surface area contributed by atoms with Crippen LogP contribution in [0.4, 0.5) is 5.69 Å². The second-order valence-corrected chi connectivity index (χ2v) is 7.41. The number of anilines is 1. The van der Waals surface area contributed by atoms with Gasteiger partial charge in [-0.2, -0.15) is 5.10 Å². The second kappa shape index (κ2) is 8.17. The topological polar surface area (TPSA) is 50.6 Å². The van der Waals surface area contributed by atoms with Crippen LogP contribution in [0.3, 0.4) is 0 Å². The van der Waals surface area contributed by atoms with Crippen molar-refractivity contribution in [2.75, 3.05) is 38.2 Å². The first-order valence-corrected chi connectivity index (χ1v) is 9.92. The predicted molar refractivity (Wildman–Crippen MR) is 115 cm³/mol. The van der Waals surface area contributed by atoms with Gasteiger partial charge >= 0.3 is 0 Å². The molecule has 0 radical (unpaired) electrons. The molecule has 6 nitrogen and oxygen atoms in total. The van der Waals surface area contributed by atoms with Gasteiger partial charge in [0.15, 0.2) is 0 Å². The fourth-order valence-corrected chi connectivity index (χ4v) is 3.84. The van der Waals surface area contributed by atoms with E-state index in [1.807, 2.05) is 53.4 Å². The number of carbonyl (C=O) groups excluding carboxylic acids is 1. The number of piperazine rings is 1. The van der Waals surface area contributed by atoms with Crippen molar-refractivity contribution in [3.8, 4) is 17.0 Å². The van der Waals surface area contributed by atoms with Gasteiger partial charge in [-0.05, 0) is 24.3 Å². The average Bonchev–Trinajstić information content (AvgIpc) is 3.15. The summed E-state index contributed by atoms with van der Waals surface area (Å²) in [4.78, 5) is 17.2. The van der Waals surface area contributed by atoms with E-state index in [-0.39, 0.29) is 5.91 Å². The highest BCUT2D eigenvalue weighted by Crippen LogP contribution is 2.27. The van der Waals surface area contributed by atoms with Crippen molar-refractivity contribution >= 4 is 23.2 Å². The first-order chi connectivity index (χ1) is 14.1. The zero-order chi connectivity index (χ0) is 20.4. The van der Waals surface area contributed by atoms with Crippen LogP contribution in [0.25, 0.3) is 11.3 Å². The normalized spacial score (nSPS) is 14.2. The molecule has 1 saturated heterocycles. The van der Waals surface area contributed by atoms with E-state index in [1.54, 1.807) is 18.8 Å². The lowest BCUT2D eigenvalue weighted by Crippen LogP contribution is -2.49. The number of benzene rings is 2. The van der Waals surface area contributed by atoms with Gasteiger partial charge in [0.1, 0.15) is 11.4 Å². The number of methoxy groups -OCH3 is 1. The minimum absolute atomic E-state index is 0.0106. The summed E-state index contributed by atoms with van der Waals surface area (Å²) in [5.74, 6) is 0.826. The van der Waals surface area contributed by atoms with Gasteiger partial charge < -0.3 is 14.5 Å². The van der Waals surface area contributed by atoms with Crippen LogP contribution in [0.15, 0.2) is 54.6 Å². The van der Waals surface area contributed by atoms with E-state index in [1.165, 1.54) is 0 Å². The van der Waals surface area contributed by atoms with Gasteiger partial charge in [0.05, 0.1) is 17.8 Å². The number of aromatic nitrogens is 2. The van der Waals surface area contributed by atoms with Gasteiger partial charge in [-0.25, -0.2) is 0 Å². The van der Waals surface area contributed by atoms with Crippen LogP contribution >= 0.6 is 11.6 Å². The summed E-state index contributed by atoms with van der Waals surface area (Å²) >= 11 is 6.29. The van der Waals surface area contributed by atoms with Crippen molar-refractivity contribution in [3.05, 3.63) is 65.3 Å². The Morgan fingerprint density at radius 2 is 1.79 bits per heavy atom. The number of rotatable bonds is 4. The van der Waals surface area contributed by atoms with Gasteiger partial charge in [0.2, 0.25) is 0 Å². The van der Waals surface area contributed by atoms with Crippen LogP contribution in [0.2, 0.25) is 5.02 Å². The van der Waals surface area contributed by atoms with Crippen molar-refractivity contribution in [1.29, 1.82) is 0 Å². The maximum Gasteiger partial charge on any atom is 0.272 e. The van der Waals surface area contributed by atoms with Crippen LogP contribution in [0, 0.1) is 0 Å². The van der Waals surface area contributed by atoms with Crippen molar-refractivity contribution < 1.29 is 9.53 Å². The molecule has 1 aliphatic rings. The van der Waals surface area contributed by atoms with E-state index in [0.717, 1.165) is 30.1 Å². The third kappa shape index (κ3) is 3.93. The lowest BCUT2D eigenvalue weighted by atomic mass is 10.1. The summed E-state index contributed by atoms with van der Waals surface area (Å²) in [5, 5.41) is 5.12. The number of halogens is 1. The fourth-order valence-electron chi connectivity index (χ4n) is 3.60. The van der Waals surface area contributed by atoms with Crippen molar-refractivity contribution in [2.45, 2.75) is 0 Å². The van der Waals surface area contributed by atoms with Crippen molar-refractivity contribution in [1.82, 2.24) is 14.7 Å². The van der Waals surface area contributed by atoms with Crippen LogP contribution in [0.1, 0.15) is 10.5 Å². The third-order valence-electron chi connectivity index (χ3n) is 5.23. The Kier molecular flexibility index (Phi) is 5.45. The molecule has 0 aliphatic carbocycles. The van der Waals surface area contributed by atoms with Crippen LogP contribution in [-0.4, -0.2) is 53.9 Å². The Balaban J connectivity index is 1.47. The van der Waals surface area contributed by atoms with E-state index in [9.17, 15) is 4.79 Å². The van der Waals surface area contributed by atoms with E-state index in [2.05, 4.69) is 16.1 Å². The molecule has 2 aromatic carbocycles. The lowest BCUT2D eigenvalue weighted by molar-refractivity contribution is 0.0735. The molecule has 1 amide bonds. The largest absolute Gasteiger partial charge is 0.497 e. The molecule has 7 heteroatoms. The molecule has 0 unspecified atom stereocenters. The Morgan fingerprint density at radius 3 is 2.52 bits per heavy atom. The molecule has 1 aromatic heterocycles. The maximum atomic E-state index is 13.1. The highest BCUT2D eigenvalue weighted by atomic mass is 35.5. The summed E-state index contributed by atoms with van der Waals surface area (Å²) < 4.78 is 6.95. The molecule has 0 N–H and O–H groups in total. The SMILES string of the molecule is COc1cccc(N2CCN(C(=O)c3cc(-c4ccccc4Cl)nn3C)CC2)c1. The average molecular weight is 411 g/mol. The molecule has 1 fully saturated rings. The van der Waals surface area contributed by atoms with Gasteiger partial charge in [-0.1, -0.05) is 35.9 Å². The lowest BCUT2D eigenvalue weighted by Gasteiger charge is -2.36. The van der Waals surface area contributed by atoms with Gasteiger partial charge in [-0.3, -0.25) is 9.48 Å². The quantitative estimate of drug-likeness (QED) is 0.658. The van der Waals surface area contributed by atoms with E-state index in [4.69, 9.17) is 16.3 Å². The Morgan fingerprint density at radius 1 is 1.03 bits per heavy atom. The molecule has 150 valence electrons. The molecule has 0 bridgehead atoms. The smallest absolute Gasteiger partial charge is 0.272 e. The summed E-state index contributed by atoms with van der Waals surface area (Å²) in [6, 6.07) is 17.3. The van der Waals surface area contributed by atoms with Crippen LogP contribution in [0.5, 0.6) is 5.75 Å². The molecule has 29 heavy (non-hydrogen) atoms. The Hall–Kier alpha value is -2.99. The molecule has 1 aliphatic heterocycles. The number of nitrogens with zero attached hydrogens (tertiary/aromatic N) is 4. The predicted octanol–water partition coefficient (Wildman–Crippen LogP) is 3.71. The molecule has 3 aromatic rings. The van der Waals surface area contributed by atoms with Crippen LogP contribution < -0.4 is 9.64 Å². The molecule has 4 rings (SSSR count). The van der Waals surface area contributed by atoms with Crippen LogP contribution in [-0.2, 0) is 7.05 Å². The summed E-state index contributed by atoms with van der Waals surface area (Å²) in [7, 11) is 3.46. The fraction of sp³-hybridized carbons (Fsp3) is 0.273. The minimum atomic E-state index is -0.0106.